The summed E-state index contributed by atoms with van der Waals surface area (Å²) >= 11 is 1.50. The summed E-state index contributed by atoms with van der Waals surface area (Å²) in [6, 6.07) is 4.57. The lowest BCUT2D eigenvalue weighted by Crippen LogP contribution is -2.33. The largest absolute Gasteiger partial charge is 0.491 e. The van der Waals surface area contributed by atoms with E-state index in [2.05, 4.69) is 10.3 Å². The number of ether oxygens (including phenoxy) is 1. The van der Waals surface area contributed by atoms with E-state index in [4.69, 9.17) is 4.74 Å². The van der Waals surface area contributed by atoms with Gasteiger partial charge >= 0.3 is 6.18 Å². The Labute approximate surface area is 135 Å². The lowest BCUT2D eigenvalue weighted by molar-refractivity contribution is -0.137. The average molecular weight is 346 g/mol. The van der Waals surface area contributed by atoms with Crippen LogP contribution in [0.25, 0.3) is 0 Å². The molecule has 0 fully saturated rings. The van der Waals surface area contributed by atoms with Gasteiger partial charge in [-0.05, 0) is 25.1 Å². The van der Waals surface area contributed by atoms with Gasteiger partial charge in [0.25, 0.3) is 0 Å². The molecule has 0 aliphatic carbocycles. The molecule has 0 saturated carbocycles. The smallest absolute Gasteiger partial charge is 0.416 e. The predicted molar refractivity (Wildman–Crippen MR) is 81.5 cm³/mol. The van der Waals surface area contributed by atoms with Crippen LogP contribution in [0.2, 0.25) is 0 Å². The van der Waals surface area contributed by atoms with Gasteiger partial charge in [-0.1, -0.05) is 6.07 Å². The zero-order valence-electron chi connectivity index (χ0n) is 12.4. The highest BCUT2D eigenvalue weighted by atomic mass is 32.1. The number of benzene rings is 1. The van der Waals surface area contributed by atoms with E-state index in [1.165, 1.54) is 23.5 Å². The lowest BCUT2D eigenvalue weighted by atomic mass is 10.2. The molecule has 2 rings (SSSR count). The number of aliphatic hydroxyl groups is 1. The Balaban J connectivity index is 1.79. The third kappa shape index (κ3) is 5.49. The van der Waals surface area contributed by atoms with Crippen LogP contribution in [-0.4, -0.2) is 29.3 Å². The summed E-state index contributed by atoms with van der Waals surface area (Å²) in [4.78, 5) is 4.16. The SMILES string of the molecule is CC(NCC(O)COc1cccc(C(F)(F)F)c1)c1nccs1. The summed E-state index contributed by atoms with van der Waals surface area (Å²) < 4.78 is 43.0. The first-order chi connectivity index (χ1) is 10.9. The van der Waals surface area contributed by atoms with Gasteiger partial charge in [0.15, 0.2) is 0 Å². The van der Waals surface area contributed by atoms with Gasteiger partial charge in [-0.3, -0.25) is 0 Å². The van der Waals surface area contributed by atoms with Crippen molar-refractivity contribution in [2.24, 2.45) is 0 Å². The molecule has 0 spiro atoms. The summed E-state index contributed by atoms with van der Waals surface area (Å²) in [5.74, 6) is 0.0758. The fraction of sp³-hybridized carbons (Fsp3) is 0.400. The van der Waals surface area contributed by atoms with Gasteiger partial charge in [-0.15, -0.1) is 11.3 Å². The van der Waals surface area contributed by atoms with Crippen LogP contribution in [0, 0.1) is 0 Å². The fourth-order valence-electron chi connectivity index (χ4n) is 1.86. The summed E-state index contributed by atoms with van der Waals surface area (Å²) in [5, 5.41) is 15.7. The Morgan fingerprint density at radius 1 is 1.39 bits per heavy atom. The summed E-state index contributed by atoms with van der Waals surface area (Å²) in [6.45, 7) is 2.07. The van der Waals surface area contributed by atoms with Crippen LogP contribution in [0.3, 0.4) is 0 Å². The Morgan fingerprint density at radius 2 is 2.17 bits per heavy atom. The van der Waals surface area contributed by atoms with Crippen molar-refractivity contribution in [1.82, 2.24) is 10.3 Å². The van der Waals surface area contributed by atoms with E-state index >= 15 is 0 Å². The molecule has 2 aromatic rings. The van der Waals surface area contributed by atoms with Crippen molar-refractivity contribution in [3.05, 3.63) is 46.4 Å². The number of aliphatic hydroxyl groups excluding tert-OH is 1. The number of hydrogen-bond acceptors (Lipinski definition) is 5. The Kier molecular flexibility index (Phi) is 5.97. The number of thiazole rings is 1. The number of nitrogens with one attached hydrogen (secondary N) is 1. The average Bonchev–Trinajstić information content (AvgIpc) is 3.04. The molecule has 126 valence electrons. The van der Waals surface area contributed by atoms with Gasteiger partial charge in [0, 0.05) is 18.1 Å². The van der Waals surface area contributed by atoms with E-state index in [1.807, 2.05) is 12.3 Å². The van der Waals surface area contributed by atoms with Crippen molar-refractivity contribution in [2.45, 2.75) is 25.2 Å². The molecule has 8 heteroatoms. The van der Waals surface area contributed by atoms with E-state index in [0.717, 1.165) is 17.1 Å². The molecule has 0 bridgehead atoms. The number of nitrogens with zero attached hydrogens (tertiary/aromatic N) is 1. The molecule has 4 nitrogen and oxygen atoms in total. The van der Waals surface area contributed by atoms with Crippen molar-refractivity contribution < 1.29 is 23.0 Å². The first-order valence-corrected chi connectivity index (χ1v) is 7.85. The van der Waals surface area contributed by atoms with E-state index in [0.29, 0.717) is 0 Å². The number of rotatable bonds is 7. The second kappa shape index (κ2) is 7.76. The summed E-state index contributed by atoms with van der Waals surface area (Å²) in [5.41, 5.74) is -0.778. The van der Waals surface area contributed by atoms with E-state index in [-0.39, 0.29) is 24.9 Å². The molecular weight excluding hydrogens is 329 g/mol. The fourth-order valence-corrected chi connectivity index (χ4v) is 2.53. The molecule has 0 radical (unpaired) electrons. The van der Waals surface area contributed by atoms with E-state index in [9.17, 15) is 18.3 Å². The molecule has 1 aromatic carbocycles. The monoisotopic (exact) mass is 346 g/mol. The molecule has 0 aliphatic rings. The quantitative estimate of drug-likeness (QED) is 0.808. The molecule has 0 saturated heterocycles. The second-order valence-corrected chi connectivity index (χ2v) is 5.92. The maximum absolute atomic E-state index is 12.6. The Hall–Kier alpha value is -1.64. The maximum Gasteiger partial charge on any atom is 0.416 e. The van der Waals surface area contributed by atoms with Gasteiger partial charge < -0.3 is 15.2 Å². The highest BCUT2D eigenvalue weighted by Gasteiger charge is 2.30. The van der Waals surface area contributed by atoms with Crippen molar-refractivity contribution in [3.63, 3.8) is 0 Å². The number of aromatic nitrogens is 1. The Morgan fingerprint density at radius 3 is 2.83 bits per heavy atom. The number of alkyl halides is 3. The van der Waals surface area contributed by atoms with Gasteiger partial charge in [-0.25, -0.2) is 4.98 Å². The molecule has 1 heterocycles. The van der Waals surface area contributed by atoms with Gasteiger partial charge in [0.05, 0.1) is 11.6 Å². The van der Waals surface area contributed by atoms with Crippen LogP contribution < -0.4 is 10.1 Å². The Bertz CT molecular complexity index is 605. The topological polar surface area (TPSA) is 54.4 Å². The zero-order chi connectivity index (χ0) is 16.9. The van der Waals surface area contributed by atoms with Crippen molar-refractivity contribution in [3.8, 4) is 5.75 Å². The minimum absolute atomic E-state index is 0.0155. The molecule has 2 atom stereocenters. The maximum atomic E-state index is 12.6. The summed E-state index contributed by atoms with van der Waals surface area (Å²) in [7, 11) is 0. The van der Waals surface area contributed by atoms with E-state index in [1.54, 1.807) is 6.20 Å². The van der Waals surface area contributed by atoms with Crippen LogP contribution >= 0.6 is 11.3 Å². The first kappa shape index (κ1) is 17.7. The summed E-state index contributed by atoms with van der Waals surface area (Å²) in [6.07, 6.45) is -3.56. The van der Waals surface area contributed by atoms with Crippen LogP contribution in [-0.2, 0) is 6.18 Å². The van der Waals surface area contributed by atoms with Crippen LogP contribution in [0.5, 0.6) is 5.75 Å². The molecular formula is C15H17F3N2O2S. The van der Waals surface area contributed by atoms with Gasteiger partial charge in [-0.2, -0.15) is 13.2 Å². The van der Waals surface area contributed by atoms with Crippen molar-refractivity contribution in [1.29, 1.82) is 0 Å². The molecule has 2 N–H and O–H groups in total. The third-order valence-corrected chi connectivity index (χ3v) is 4.04. The normalized spacial score (nSPS) is 14.5. The predicted octanol–water partition coefficient (Wildman–Crippen LogP) is 3.25. The molecule has 23 heavy (non-hydrogen) atoms. The molecule has 0 aliphatic heterocycles. The van der Waals surface area contributed by atoms with Crippen molar-refractivity contribution >= 4 is 11.3 Å². The highest BCUT2D eigenvalue weighted by Crippen LogP contribution is 2.31. The van der Waals surface area contributed by atoms with Crippen molar-refractivity contribution in [2.75, 3.05) is 13.2 Å². The minimum atomic E-state index is -4.41. The number of hydrogen-bond donors (Lipinski definition) is 2. The molecule has 0 amide bonds. The third-order valence-electron chi connectivity index (χ3n) is 3.09. The number of halogens is 3. The second-order valence-electron chi connectivity index (χ2n) is 4.99. The molecule has 2 unspecified atom stereocenters. The minimum Gasteiger partial charge on any atom is -0.491 e. The first-order valence-electron chi connectivity index (χ1n) is 6.97. The standard InChI is InChI=1S/C15H17F3N2O2S/c1-10(14-19-5-6-23-14)20-8-12(21)9-22-13-4-2-3-11(7-13)15(16,17)18/h2-7,10,12,20-21H,8-9H2,1H3. The van der Waals surface area contributed by atoms with Crippen LogP contribution in [0.1, 0.15) is 23.5 Å². The highest BCUT2D eigenvalue weighted by molar-refractivity contribution is 7.09. The lowest BCUT2D eigenvalue weighted by Gasteiger charge is -2.16. The van der Waals surface area contributed by atoms with Gasteiger partial charge in [0.2, 0.25) is 0 Å². The van der Waals surface area contributed by atoms with Crippen LogP contribution in [0.15, 0.2) is 35.8 Å². The van der Waals surface area contributed by atoms with Gasteiger partial charge in [0.1, 0.15) is 23.5 Å². The zero-order valence-corrected chi connectivity index (χ0v) is 13.2. The van der Waals surface area contributed by atoms with Crippen LogP contribution in [0.4, 0.5) is 13.2 Å². The molecule has 1 aromatic heterocycles. The van der Waals surface area contributed by atoms with E-state index < -0.39 is 17.8 Å².